The van der Waals surface area contributed by atoms with Crippen LogP contribution in [0.4, 0.5) is 5.82 Å². The molecule has 0 aliphatic carbocycles. The Morgan fingerprint density at radius 2 is 1.79 bits per heavy atom. The smallest absolute Gasteiger partial charge is 0.259 e. The number of hydrogen-bond donors (Lipinski definition) is 0. The Morgan fingerprint density at radius 3 is 2.52 bits per heavy atom. The van der Waals surface area contributed by atoms with Crippen molar-refractivity contribution in [3.05, 3.63) is 64.3 Å². The lowest BCUT2D eigenvalue weighted by Crippen LogP contribution is -2.49. The molecule has 0 spiro atoms. The van der Waals surface area contributed by atoms with E-state index < -0.39 is 0 Å². The van der Waals surface area contributed by atoms with Crippen LogP contribution in [0, 0.1) is 13.8 Å². The number of nitrogens with zero attached hydrogens (tertiary/aromatic N) is 8. The number of carbonyl (C=O) groups excluding carboxylic acids is 1. The maximum absolute atomic E-state index is 13.3. The van der Waals surface area contributed by atoms with Crippen LogP contribution in [0.15, 0.2) is 36.8 Å². The molecular formula is C23H25ClN8O. The van der Waals surface area contributed by atoms with Gasteiger partial charge in [0.05, 0.1) is 29.4 Å². The van der Waals surface area contributed by atoms with Crippen LogP contribution < -0.4 is 4.90 Å². The summed E-state index contributed by atoms with van der Waals surface area (Å²) in [5, 5.41) is 10.1. The summed E-state index contributed by atoms with van der Waals surface area (Å²) in [7, 11) is 1.86. The average molecular weight is 465 g/mol. The molecule has 1 fully saturated rings. The van der Waals surface area contributed by atoms with Crippen molar-refractivity contribution in [1.82, 2.24) is 34.4 Å². The van der Waals surface area contributed by atoms with Gasteiger partial charge >= 0.3 is 0 Å². The summed E-state index contributed by atoms with van der Waals surface area (Å²) in [6.07, 6.45) is 3.34. The Kier molecular flexibility index (Phi) is 5.49. The second kappa shape index (κ2) is 8.47. The number of rotatable bonds is 4. The van der Waals surface area contributed by atoms with Crippen molar-refractivity contribution in [2.45, 2.75) is 20.4 Å². The van der Waals surface area contributed by atoms with E-state index in [2.05, 4.69) is 56.3 Å². The van der Waals surface area contributed by atoms with E-state index in [4.69, 9.17) is 11.6 Å². The number of hydrogen-bond acceptors (Lipinski definition) is 6. The quantitative estimate of drug-likeness (QED) is 0.461. The van der Waals surface area contributed by atoms with Gasteiger partial charge in [-0.3, -0.25) is 9.48 Å². The SMILES string of the molecule is Cc1ccc(Cn2nc(C)c(C(=O)N3CCN(c4ncnc5c4cnn5C)CC3)c2Cl)cc1. The maximum atomic E-state index is 13.3. The first-order valence-electron chi connectivity index (χ1n) is 10.9. The van der Waals surface area contributed by atoms with Crippen LogP contribution in [0.5, 0.6) is 0 Å². The number of piperazine rings is 1. The predicted octanol–water partition coefficient (Wildman–Crippen LogP) is 2.84. The normalized spacial score (nSPS) is 14.3. The minimum atomic E-state index is -0.0819. The van der Waals surface area contributed by atoms with Crippen LogP contribution in [0.1, 0.15) is 27.2 Å². The van der Waals surface area contributed by atoms with E-state index in [-0.39, 0.29) is 5.91 Å². The zero-order chi connectivity index (χ0) is 23.1. The maximum Gasteiger partial charge on any atom is 0.259 e. The molecule has 0 radical (unpaired) electrons. The van der Waals surface area contributed by atoms with Gasteiger partial charge in [-0.1, -0.05) is 41.4 Å². The molecule has 33 heavy (non-hydrogen) atoms. The van der Waals surface area contributed by atoms with Crippen molar-refractivity contribution in [1.29, 1.82) is 0 Å². The van der Waals surface area contributed by atoms with Gasteiger partial charge in [-0.05, 0) is 19.4 Å². The molecule has 5 rings (SSSR count). The molecular weight excluding hydrogens is 440 g/mol. The van der Waals surface area contributed by atoms with Gasteiger partial charge in [0.25, 0.3) is 5.91 Å². The Labute approximate surface area is 196 Å². The molecule has 1 aromatic carbocycles. The van der Waals surface area contributed by atoms with Gasteiger partial charge in [0, 0.05) is 33.2 Å². The topological polar surface area (TPSA) is 85.0 Å². The van der Waals surface area contributed by atoms with Crippen LogP contribution >= 0.6 is 11.6 Å². The van der Waals surface area contributed by atoms with Crippen molar-refractivity contribution in [2.75, 3.05) is 31.1 Å². The van der Waals surface area contributed by atoms with Gasteiger partial charge in [0.2, 0.25) is 0 Å². The number of halogens is 1. The van der Waals surface area contributed by atoms with Crippen LogP contribution in [0.3, 0.4) is 0 Å². The molecule has 0 bridgehead atoms. The first-order valence-corrected chi connectivity index (χ1v) is 11.3. The van der Waals surface area contributed by atoms with Crippen molar-refractivity contribution in [3.8, 4) is 0 Å². The summed E-state index contributed by atoms with van der Waals surface area (Å²) in [6.45, 7) is 6.89. The molecule has 170 valence electrons. The van der Waals surface area contributed by atoms with Crippen LogP contribution in [-0.2, 0) is 13.6 Å². The molecule has 4 heterocycles. The zero-order valence-corrected chi connectivity index (χ0v) is 19.6. The number of fused-ring (bicyclic) bond motifs is 1. The van der Waals surface area contributed by atoms with Gasteiger partial charge in [-0.2, -0.15) is 10.2 Å². The van der Waals surface area contributed by atoms with Gasteiger partial charge in [-0.15, -0.1) is 0 Å². The zero-order valence-electron chi connectivity index (χ0n) is 18.9. The van der Waals surface area contributed by atoms with E-state index >= 15 is 0 Å². The molecule has 0 unspecified atom stereocenters. The van der Waals surface area contributed by atoms with Crippen LogP contribution in [-0.4, -0.2) is 66.5 Å². The average Bonchev–Trinajstić information content (AvgIpc) is 3.34. The van der Waals surface area contributed by atoms with E-state index in [1.807, 2.05) is 18.9 Å². The van der Waals surface area contributed by atoms with Crippen molar-refractivity contribution >= 4 is 34.4 Å². The standard InChI is InChI=1S/C23H25ClN8O/c1-15-4-6-17(7-5-15)13-32-20(24)19(16(2)28-32)23(33)31-10-8-30(9-11-31)22-18-12-27-29(3)21(18)25-14-26-22/h4-7,12,14H,8-11,13H2,1-3H3. The highest BCUT2D eigenvalue weighted by molar-refractivity contribution is 6.33. The molecule has 10 heteroatoms. The Hall–Kier alpha value is -3.46. The minimum absolute atomic E-state index is 0.0819. The summed E-state index contributed by atoms with van der Waals surface area (Å²) in [5.74, 6) is 0.766. The number of benzene rings is 1. The van der Waals surface area contributed by atoms with Gasteiger partial charge < -0.3 is 9.80 Å². The molecule has 4 aromatic rings. The van der Waals surface area contributed by atoms with Crippen LogP contribution in [0.25, 0.3) is 11.0 Å². The van der Waals surface area contributed by atoms with E-state index in [1.54, 1.807) is 21.9 Å². The van der Waals surface area contributed by atoms with E-state index in [0.29, 0.717) is 49.1 Å². The summed E-state index contributed by atoms with van der Waals surface area (Å²) in [5.41, 5.74) is 4.20. The molecule has 0 saturated carbocycles. The monoisotopic (exact) mass is 464 g/mol. The van der Waals surface area contributed by atoms with Crippen LogP contribution in [0.2, 0.25) is 5.15 Å². The molecule has 1 amide bonds. The number of carbonyl (C=O) groups is 1. The third kappa shape index (κ3) is 3.93. The lowest BCUT2D eigenvalue weighted by atomic mass is 10.1. The first-order chi connectivity index (χ1) is 15.9. The van der Waals surface area contributed by atoms with Gasteiger partial charge in [0.1, 0.15) is 17.3 Å². The molecule has 1 saturated heterocycles. The molecule has 0 N–H and O–H groups in total. The molecule has 3 aromatic heterocycles. The lowest BCUT2D eigenvalue weighted by molar-refractivity contribution is 0.0746. The molecule has 1 aliphatic rings. The third-order valence-electron chi connectivity index (χ3n) is 6.11. The number of aryl methyl sites for hydroxylation is 3. The highest BCUT2D eigenvalue weighted by atomic mass is 35.5. The largest absolute Gasteiger partial charge is 0.352 e. The van der Waals surface area contributed by atoms with E-state index in [9.17, 15) is 4.79 Å². The van der Waals surface area contributed by atoms with E-state index in [1.165, 1.54) is 5.56 Å². The summed E-state index contributed by atoms with van der Waals surface area (Å²) in [4.78, 5) is 26.1. The fraction of sp³-hybridized carbons (Fsp3) is 0.348. The second-order valence-electron chi connectivity index (χ2n) is 8.38. The number of anilines is 1. The predicted molar refractivity (Wildman–Crippen MR) is 127 cm³/mol. The fourth-order valence-corrected chi connectivity index (χ4v) is 4.56. The Balaban J connectivity index is 1.31. The summed E-state index contributed by atoms with van der Waals surface area (Å²) >= 11 is 6.63. The van der Waals surface area contributed by atoms with Crippen molar-refractivity contribution in [2.24, 2.45) is 7.05 Å². The van der Waals surface area contributed by atoms with Gasteiger partial charge in [-0.25, -0.2) is 14.6 Å². The lowest BCUT2D eigenvalue weighted by Gasteiger charge is -2.35. The van der Waals surface area contributed by atoms with Crippen molar-refractivity contribution in [3.63, 3.8) is 0 Å². The fourth-order valence-electron chi connectivity index (χ4n) is 4.25. The van der Waals surface area contributed by atoms with Gasteiger partial charge in [0.15, 0.2) is 5.65 Å². The summed E-state index contributed by atoms with van der Waals surface area (Å²) < 4.78 is 3.43. The molecule has 1 aliphatic heterocycles. The van der Waals surface area contributed by atoms with E-state index in [0.717, 1.165) is 22.4 Å². The second-order valence-corrected chi connectivity index (χ2v) is 8.73. The highest BCUT2D eigenvalue weighted by Crippen LogP contribution is 2.26. The molecule has 9 nitrogen and oxygen atoms in total. The first kappa shape index (κ1) is 21.4. The Bertz CT molecular complexity index is 1320. The number of amides is 1. The minimum Gasteiger partial charge on any atom is -0.352 e. The Morgan fingerprint density at radius 1 is 1.06 bits per heavy atom. The van der Waals surface area contributed by atoms with Crippen molar-refractivity contribution < 1.29 is 4.79 Å². The summed E-state index contributed by atoms with van der Waals surface area (Å²) in [6, 6.07) is 8.22. The number of aromatic nitrogens is 6. The molecule has 0 atom stereocenters. The highest BCUT2D eigenvalue weighted by Gasteiger charge is 2.29. The third-order valence-corrected chi connectivity index (χ3v) is 6.49.